The molecule has 10 heteroatoms. The molecule has 1 aliphatic heterocycles. The number of hydrogen-bond donors (Lipinski definition) is 1. The minimum absolute atomic E-state index is 0.0314. The summed E-state index contributed by atoms with van der Waals surface area (Å²) in [6, 6.07) is 12.2. The zero-order chi connectivity index (χ0) is 22.8. The third-order valence-electron chi connectivity index (χ3n) is 5.55. The smallest absolute Gasteiger partial charge is 0.273 e. The van der Waals surface area contributed by atoms with E-state index in [9.17, 15) is 19.7 Å². The molecule has 1 unspecified atom stereocenters. The topological polar surface area (TPSA) is 118 Å². The molecule has 9 nitrogen and oxygen atoms in total. The van der Waals surface area contributed by atoms with E-state index < -0.39 is 10.8 Å². The molecule has 2 amide bonds. The van der Waals surface area contributed by atoms with E-state index in [0.29, 0.717) is 18.0 Å². The van der Waals surface area contributed by atoms with Crippen LogP contribution in [-0.2, 0) is 11.2 Å². The van der Waals surface area contributed by atoms with Crippen LogP contribution in [0.3, 0.4) is 0 Å². The molecule has 0 radical (unpaired) electrons. The number of carbonyl (C=O) groups excluding carboxylic acids is 2. The minimum atomic E-state index is -0.519. The first kappa shape index (κ1) is 21.6. The molecular weight excluding hydrogens is 430 g/mol. The number of carbonyl (C=O) groups is 2. The predicted octanol–water partition coefficient (Wildman–Crippen LogP) is 4.09. The van der Waals surface area contributed by atoms with Gasteiger partial charge in [0.05, 0.1) is 4.92 Å². The highest BCUT2D eigenvalue weighted by Gasteiger charge is 2.34. The Labute approximate surface area is 188 Å². The Hall–Kier alpha value is -3.66. The van der Waals surface area contributed by atoms with Gasteiger partial charge in [0.2, 0.25) is 11.0 Å². The van der Waals surface area contributed by atoms with Gasteiger partial charge in [-0.05, 0) is 31.0 Å². The Morgan fingerprint density at radius 3 is 2.78 bits per heavy atom. The van der Waals surface area contributed by atoms with Crippen molar-refractivity contribution in [3.05, 3.63) is 74.3 Å². The van der Waals surface area contributed by atoms with Crippen LogP contribution in [0.1, 0.15) is 45.8 Å². The maximum absolute atomic E-state index is 12.7. The lowest BCUT2D eigenvalue weighted by Gasteiger charge is -2.19. The molecule has 1 aliphatic rings. The molecule has 1 saturated heterocycles. The molecule has 2 heterocycles. The quantitative estimate of drug-likeness (QED) is 0.445. The zero-order valence-corrected chi connectivity index (χ0v) is 18.4. The number of anilines is 2. The monoisotopic (exact) mass is 451 g/mol. The molecule has 1 aromatic heterocycles. The molecule has 0 spiro atoms. The molecule has 0 aliphatic carbocycles. The van der Waals surface area contributed by atoms with Gasteiger partial charge in [-0.15, -0.1) is 10.2 Å². The van der Waals surface area contributed by atoms with Crippen LogP contribution in [0.2, 0.25) is 0 Å². The Kier molecular flexibility index (Phi) is 5.95. The first-order chi connectivity index (χ1) is 15.4. The van der Waals surface area contributed by atoms with Crippen molar-refractivity contribution in [3.63, 3.8) is 0 Å². The molecule has 164 valence electrons. The summed E-state index contributed by atoms with van der Waals surface area (Å²) in [6.07, 6.45) is 1.15. The molecule has 3 aromatic rings. The van der Waals surface area contributed by atoms with Gasteiger partial charge in [-0.2, -0.15) is 0 Å². The number of aromatic nitrogens is 2. The predicted molar refractivity (Wildman–Crippen MR) is 121 cm³/mol. The van der Waals surface area contributed by atoms with Gasteiger partial charge in [-0.25, -0.2) is 0 Å². The number of hydrogen-bond acceptors (Lipinski definition) is 7. The average molecular weight is 452 g/mol. The molecule has 1 atom stereocenters. The summed E-state index contributed by atoms with van der Waals surface area (Å²) >= 11 is 1.21. The van der Waals surface area contributed by atoms with Crippen molar-refractivity contribution in [2.24, 2.45) is 0 Å². The summed E-state index contributed by atoms with van der Waals surface area (Å²) < 4.78 is 0. The zero-order valence-electron chi connectivity index (χ0n) is 17.6. The number of rotatable bonds is 6. The molecule has 2 aromatic carbocycles. The van der Waals surface area contributed by atoms with E-state index in [1.807, 2.05) is 24.3 Å². The van der Waals surface area contributed by atoms with Crippen molar-refractivity contribution in [2.75, 3.05) is 16.8 Å². The van der Waals surface area contributed by atoms with Crippen molar-refractivity contribution >= 4 is 39.7 Å². The number of aryl methyl sites for hydroxylation is 1. The number of nitrogens with zero attached hydrogens (tertiary/aromatic N) is 4. The van der Waals surface area contributed by atoms with Crippen LogP contribution in [0.25, 0.3) is 0 Å². The highest BCUT2D eigenvalue weighted by molar-refractivity contribution is 7.15. The average Bonchev–Trinajstić information content (AvgIpc) is 3.40. The normalized spacial score (nSPS) is 15.8. The van der Waals surface area contributed by atoms with E-state index in [4.69, 9.17) is 0 Å². The van der Waals surface area contributed by atoms with Crippen molar-refractivity contribution in [2.45, 2.75) is 32.6 Å². The Morgan fingerprint density at radius 2 is 2.03 bits per heavy atom. The molecule has 4 rings (SSSR count). The number of nitro benzene ring substituents is 1. The third kappa shape index (κ3) is 4.09. The highest BCUT2D eigenvalue weighted by Crippen LogP contribution is 2.35. The summed E-state index contributed by atoms with van der Waals surface area (Å²) in [5.41, 5.74) is 2.40. The van der Waals surface area contributed by atoms with E-state index >= 15 is 0 Å². The maximum atomic E-state index is 12.7. The lowest BCUT2D eigenvalue weighted by Crippen LogP contribution is -2.25. The van der Waals surface area contributed by atoms with Crippen LogP contribution in [0.4, 0.5) is 16.5 Å². The van der Waals surface area contributed by atoms with Gasteiger partial charge in [0, 0.05) is 41.8 Å². The summed E-state index contributed by atoms with van der Waals surface area (Å²) in [4.78, 5) is 37.7. The van der Waals surface area contributed by atoms with Crippen molar-refractivity contribution < 1.29 is 14.5 Å². The van der Waals surface area contributed by atoms with Gasteiger partial charge < -0.3 is 4.90 Å². The molecule has 1 fully saturated rings. The minimum Gasteiger partial charge on any atom is -0.311 e. The van der Waals surface area contributed by atoms with Crippen molar-refractivity contribution in [3.8, 4) is 0 Å². The van der Waals surface area contributed by atoms with Crippen molar-refractivity contribution in [1.82, 2.24) is 10.2 Å². The van der Waals surface area contributed by atoms with E-state index in [1.54, 1.807) is 4.90 Å². The fourth-order valence-corrected chi connectivity index (χ4v) is 4.69. The molecule has 1 N–H and O–H groups in total. The second-order valence-corrected chi connectivity index (χ2v) is 8.50. The van der Waals surface area contributed by atoms with E-state index in [0.717, 1.165) is 17.7 Å². The van der Waals surface area contributed by atoms with Gasteiger partial charge in [0.15, 0.2) is 0 Å². The molecular formula is C22H21N5O4S. The van der Waals surface area contributed by atoms with Crippen LogP contribution in [-0.4, -0.2) is 33.5 Å². The Morgan fingerprint density at radius 1 is 1.25 bits per heavy atom. The molecule has 0 bridgehead atoms. The standard InChI is InChI=1S/C22H21N5O4S/c1-3-14-7-4-5-9-18(14)26-12-15(11-19(26)28)21-24-25-22(32-21)23-20(29)16-8-6-10-17(13(16)2)27(30)31/h4-10,15H,3,11-12H2,1-2H3,(H,23,25,29). The molecule has 0 saturated carbocycles. The third-order valence-corrected chi connectivity index (χ3v) is 6.55. The molecule has 32 heavy (non-hydrogen) atoms. The van der Waals surface area contributed by atoms with E-state index in [-0.39, 0.29) is 33.8 Å². The number of nitro groups is 1. The SMILES string of the molecule is CCc1ccccc1N1CC(c2nnc(NC(=O)c3cccc([N+](=O)[O-])c3C)s2)CC1=O. The lowest BCUT2D eigenvalue weighted by molar-refractivity contribution is -0.385. The number of nitrogens with one attached hydrogen (secondary N) is 1. The van der Waals surface area contributed by atoms with E-state index in [1.165, 1.54) is 36.5 Å². The summed E-state index contributed by atoms with van der Waals surface area (Å²) in [5, 5.41) is 23.0. The Bertz CT molecular complexity index is 1210. The lowest BCUT2D eigenvalue weighted by atomic mass is 10.1. The first-order valence-corrected chi connectivity index (χ1v) is 11.0. The van der Waals surface area contributed by atoms with Crippen LogP contribution in [0.5, 0.6) is 0 Å². The number of amides is 2. The second kappa shape index (κ2) is 8.83. The van der Waals surface area contributed by atoms with Crippen LogP contribution >= 0.6 is 11.3 Å². The van der Waals surface area contributed by atoms with Gasteiger partial charge >= 0.3 is 0 Å². The largest absolute Gasteiger partial charge is 0.311 e. The number of para-hydroxylation sites is 1. The Balaban J connectivity index is 1.49. The van der Waals surface area contributed by atoms with E-state index in [2.05, 4.69) is 22.4 Å². The van der Waals surface area contributed by atoms with Gasteiger partial charge in [-0.3, -0.25) is 25.0 Å². The second-order valence-electron chi connectivity index (χ2n) is 7.49. The maximum Gasteiger partial charge on any atom is 0.273 e. The summed E-state index contributed by atoms with van der Waals surface area (Å²) in [6.45, 7) is 4.09. The summed E-state index contributed by atoms with van der Waals surface area (Å²) in [7, 11) is 0. The van der Waals surface area contributed by atoms with Gasteiger partial charge in [0.1, 0.15) is 5.01 Å². The van der Waals surface area contributed by atoms with Crippen LogP contribution < -0.4 is 10.2 Å². The van der Waals surface area contributed by atoms with Gasteiger partial charge in [0.25, 0.3) is 11.6 Å². The number of benzene rings is 2. The summed E-state index contributed by atoms with van der Waals surface area (Å²) in [5.74, 6) is -0.575. The van der Waals surface area contributed by atoms with Gasteiger partial charge in [-0.1, -0.05) is 42.5 Å². The van der Waals surface area contributed by atoms with Crippen LogP contribution in [0, 0.1) is 17.0 Å². The first-order valence-electron chi connectivity index (χ1n) is 10.2. The van der Waals surface area contributed by atoms with Crippen molar-refractivity contribution in [1.29, 1.82) is 0 Å². The fourth-order valence-electron chi connectivity index (χ4n) is 3.86. The highest BCUT2D eigenvalue weighted by atomic mass is 32.1. The van der Waals surface area contributed by atoms with Crippen LogP contribution in [0.15, 0.2) is 42.5 Å². The fraction of sp³-hybridized carbons (Fsp3) is 0.273.